The van der Waals surface area contributed by atoms with Crippen LogP contribution in [0, 0.1) is 5.92 Å². The topological polar surface area (TPSA) is 56.1 Å². The van der Waals surface area contributed by atoms with E-state index >= 15 is 0 Å². The lowest BCUT2D eigenvalue weighted by atomic mass is 10.2. The number of fused-ring (bicyclic) bond motifs is 1. The van der Waals surface area contributed by atoms with Crippen LogP contribution in [0.3, 0.4) is 0 Å². The number of ether oxygens (including phenoxy) is 1. The van der Waals surface area contributed by atoms with Gasteiger partial charge in [-0.3, -0.25) is 4.90 Å². The number of nitrogens with zero attached hydrogens (tertiary/aromatic N) is 5. The molecule has 0 amide bonds. The molecule has 2 aromatic heterocycles. The Labute approximate surface area is 123 Å². The third-order valence-electron chi connectivity index (χ3n) is 4.15. The van der Waals surface area contributed by atoms with Crippen molar-refractivity contribution in [2.75, 3.05) is 19.7 Å². The molecule has 21 heavy (non-hydrogen) atoms. The van der Waals surface area contributed by atoms with Gasteiger partial charge in [-0.2, -0.15) is 0 Å². The van der Waals surface area contributed by atoms with E-state index in [2.05, 4.69) is 24.4 Å². The molecule has 1 aliphatic heterocycles. The van der Waals surface area contributed by atoms with E-state index in [1.165, 1.54) is 25.1 Å². The van der Waals surface area contributed by atoms with Crippen LogP contribution in [0.2, 0.25) is 0 Å². The molecule has 0 N–H and O–H groups in total. The molecule has 6 heteroatoms. The highest BCUT2D eigenvalue weighted by atomic mass is 16.5. The van der Waals surface area contributed by atoms with E-state index in [-0.39, 0.29) is 6.04 Å². The first-order valence-electron chi connectivity index (χ1n) is 7.51. The normalized spacial score (nSPS) is 22.0. The fourth-order valence-corrected chi connectivity index (χ4v) is 2.93. The Kier molecular flexibility index (Phi) is 3.31. The minimum atomic E-state index is 0.277. The standard InChI is InChI=1S/C15H19N5O/c1-4-17-15(18-5-1)21-10-14-9-19(7-12-2-3-12)8-13-6-16-11-20(13)14/h1,4-6,11-12,14H,2-3,7-10H2. The molecule has 0 aromatic carbocycles. The number of hydrogen-bond acceptors (Lipinski definition) is 5. The molecular formula is C15H19N5O. The van der Waals surface area contributed by atoms with Gasteiger partial charge in [0.15, 0.2) is 0 Å². The van der Waals surface area contributed by atoms with Crippen molar-refractivity contribution < 1.29 is 4.74 Å². The van der Waals surface area contributed by atoms with Gasteiger partial charge in [-0.15, -0.1) is 0 Å². The number of aromatic nitrogens is 4. The van der Waals surface area contributed by atoms with E-state index < -0.39 is 0 Å². The summed E-state index contributed by atoms with van der Waals surface area (Å²) in [5.74, 6) is 0.901. The first kappa shape index (κ1) is 12.8. The van der Waals surface area contributed by atoms with Crippen LogP contribution >= 0.6 is 0 Å². The highest BCUT2D eigenvalue weighted by molar-refractivity contribution is 5.05. The van der Waals surface area contributed by atoms with Crippen molar-refractivity contribution in [2.24, 2.45) is 5.92 Å². The number of imidazole rings is 1. The average molecular weight is 285 g/mol. The lowest BCUT2D eigenvalue weighted by Crippen LogP contribution is -2.40. The molecule has 0 bridgehead atoms. The van der Waals surface area contributed by atoms with Gasteiger partial charge in [-0.1, -0.05) is 0 Å². The molecule has 1 fully saturated rings. The largest absolute Gasteiger partial charge is 0.461 e. The molecule has 4 rings (SSSR count). The first-order valence-corrected chi connectivity index (χ1v) is 7.51. The quantitative estimate of drug-likeness (QED) is 0.833. The molecule has 1 aliphatic carbocycles. The van der Waals surface area contributed by atoms with E-state index in [0.29, 0.717) is 12.6 Å². The lowest BCUT2D eigenvalue weighted by Gasteiger charge is -2.34. The van der Waals surface area contributed by atoms with E-state index in [1.807, 2.05) is 12.5 Å². The molecular weight excluding hydrogens is 266 g/mol. The zero-order chi connectivity index (χ0) is 14.1. The van der Waals surface area contributed by atoms with Crippen LogP contribution in [-0.4, -0.2) is 44.1 Å². The van der Waals surface area contributed by atoms with Crippen molar-refractivity contribution in [2.45, 2.75) is 25.4 Å². The van der Waals surface area contributed by atoms with Crippen molar-refractivity contribution in [1.82, 2.24) is 24.4 Å². The third kappa shape index (κ3) is 2.90. The molecule has 6 nitrogen and oxygen atoms in total. The minimum Gasteiger partial charge on any atom is -0.461 e. The summed E-state index contributed by atoms with van der Waals surface area (Å²) >= 11 is 0. The summed E-state index contributed by atoms with van der Waals surface area (Å²) < 4.78 is 7.97. The van der Waals surface area contributed by atoms with Crippen LogP contribution in [0.25, 0.3) is 0 Å². The molecule has 1 atom stereocenters. The van der Waals surface area contributed by atoms with Gasteiger partial charge in [0.05, 0.1) is 18.1 Å². The molecule has 2 aliphatic rings. The van der Waals surface area contributed by atoms with Gasteiger partial charge < -0.3 is 9.30 Å². The molecule has 3 heterocycles. The van der Waals surface area contributed by atoms with Crippen molar-refractivity contribution in [3.63, 3.8) is 0 Å². The predicted molar refractivity (Wildman–Crippen MR) is 76.8 cm³/mol. The van der Waals surface area contributed by atoms with Crippen LogP contribution in [0.5, 0.6) is 6.01 Å². The minimum absolute atomic E-state index is 0.277. The molecule has 2 aromatic rings. The van der Waals surface area contributed by atoms with Crippen LogP contribution in [0.4, 0.5) is 0 Å². The maximum absolute atomic E-state index is 5.74. The van der Waals surface area contributed by atoms with Crippen molar-refractivity contribution in [3.8, 4) is 6.01 Å². The summed E-state index contributed by atoms with van der Waals surface area (Å²) in [4.78, 5) is 15.0. The van der Waals surface area contributed by atoms with E-state index in [4.69, 9.17) is 4.74 Å². The Balaban J connectivity index is 1.45. The van der Waals surface area contributed by atoms with Crippen molar-refractivity contribution in [1.29, 1.82) is 0 Å². The predicted octanol–water partition coefficient (Wildman–Crippen LogP) is 1.52. The number of rotatable bonds is 5. The summed E-state index contributed by atoms with van der Waals surface area (Å²) in [6.45, 7) is 3.78. The van der Waals surface area contributed by atoms with Gasteiger partial charge >= 0.3 is 6.01 Å². The number of hydrogen-bond donors (Lipinski definition) is 0. The molecule has 1 unspecified atom stereocenters. The molecule has 1 saturated carbocycles. The summed E-state index contributed by atoms with van der Waals surface area (Å²) in [5.41, 5.74) is 1.27. The zero-order valence-corrected chi connectivity index (χ0v) is 11.9. The Morgan fingerprint density at radius 3 is 2.90 bits per heavy atom. The fraction of sp³-hybridized carbons (Fsp3) is 0.533. The van der Waals surface area contributed by atoms with Crippen LogP contribution in [0.15, 0.2) is 31.0 Å². The lowest BCUT2D eigenvalue weighted by molar-refractivity contribution is 0.133. The summed E-state index contributed by atoms with van der Waals surface area (Å²) in [6.07, 6.45) is 10.0. The van der Waals surface area contributed by atoms with E-state index in [1.54, 1.807) is 18.5 Å². The van der Waals surface area contributed by atoms with Gasteiger partial charge in [-0.25, -0.2) is 15.0 Å². The first-order chi connectivity index (χ1) is 10.4. The van der Waals surface area contributed by atoms with Gasteiger partial charge in [-0.05, 0) is 24.8 Å². The Morgan fingerprint density at radius 1 is 1.24 bits per heavy atom. The molecule has 0 radical (unpaired) electrons. The van der Waals surface area contributed by atoms with E-state index in [9.17, 15) is 0 Å². The Hall–Kier alpha value is -1.95. The van der Waals surface area contributed by atoms with E-state index in [0.717, 1.165) is 19.0 Å². The highest BCUT2D eigenvalue weighted by Crippen LogP contribution is 2.32. The van der Waals surface area contributed by atoms with Gasteiger partial charge in [0, 0.05) is 38.2 Å². The SMILES string of the molecule is c1cnc(OCC2CN(CC3CC3)Cc3cncn32)nc1. The van der Waals surface area contributed by atoms with Gasteiger partial charge in [0.1, 0.15) is 6.61 Å². The Bertz CT molecular complexity index is 595. The van der Waals surface area contributed by atoms with Crippen LogP contribution in [-0.2, 0) is 6.54 Å². The second-order valence-corrected chi connectivity index (χ2v) is 5.93. The van der Waals surface area contributed by atoms with Gasteiger partial charge in [0.2, 0.25) is 0 Å². The smallest absolute Gasteiger partial charge is 0.316 e. The summed E-state index contributed by atoms with van der Waals surface area (Å²) in [6, 6.07) is 2.51. The average Bonchev–Trinajstić information content (AvgIpc) is 3.20. The maximum atomic E-state index is 5.74. The van der Waals surface area contributed by atoms with Crippen molar-refractivity contribution >= 4 is 0 Å². The summed E-state index contributed by atoms with van der Waals surface area (Å²) in [5, 5.41) is 0. The van der Waals surface area contributed by atoms with Crippen LogP contribution < -0.4 is 4.74 Å². The third-order valence-corrected chi connectivity index (χ3v) is 4.15. The second kappa shape index (κ2) is 5.44. The summed E-state index contributed by atoms with van der Waals surface area (Å²) in [7, 11) is 0. The second-order valence-electron chi connectivity index (χ2n) is 5.93. The Morgan fingerprint density at radius 2 is 2.10 bits per heavy atom. The molecule has 0 saturated heterocycles. The molecule has 0 spiro atoms. The maximum Gasteiger partial charge on any atom is 0.316 e. The molecule has 110 valence electrons. The highest BCUT2D eigenvalue weighted by Gasteiger charge is 2.30. The monoisotopic (exact) mass is 285 g/mol. The fourth-order valence-electron chi connectivity index (χ4n) is 2.93. The van der Waals surface area contributed by atoms with Crippen LogP contribution in [0.1, 0.15) is 24.6 Å². The zero-order valence-electron chi connectivity index (χ0n) is 11.9. The van der Waals surface area contributed by atoms with Gasteiger partial charge in [0.25, 0.3) is 0 Å². The van der Waals surface area contributed by atoms with Crippen molar-refractivity contribution in [3.05, 3.63) is 36.7 Å².